The monoisotopic (exact) mass is 266 g/mol. The highest BCUT2D eigenvalue weighted by Gasteiger charge is 2.23. The SMILES string of the molecule is CCOC(=O)N1CCC(Nc2ccc(F)cc2)CC1. The molecule has 1 saturated heterocycles. The summed E-state index contributed by atoms with van der Waals surface area (Å²) in [5.41, 5.74) is 0.913. The summed E-state index contributed by atoms with van der Waals surface area (Å²) >= 11 is 0. The zero-order chi connectivity index (χ0) is 13.7. The van der Waals surface area contributed by atoms with Crippen LogP contribution in [-0.2, 0) is 4.74 Å². The third-order valence-electron chi connectivity index (χ3n) is 3.24. The minimum absolute atomic E-state index is 0.234. The molecule has 0 atom stereocenters. The zero-order valence-corrected chi connectivity index (χ0v) is 11.1. The predicted octanol–water partition coefficient (Wildman–Crippen LogP) is 2.86. The van der Waals surface area contributed by atoms with Crippen molar-refractivity contribution in [3.8, 4) is 0 Å². The summed E-state index contributed by atoms with van der Waals surface area (Å²) in [4.78, 5) is 13.3. The van der Waals surface area contributed by atoms with Gasteiger partial charge in [-0.25, -0.2) is 9.18 Å². The average molecular weight is 266 g/mol. The lowest BCUT2D eigenvalue weighted by atomic mass is 10.1. The first-order valence-corrected chi connectivity index (χ1v) is 6.63. The summed E-state index contributed by atoms with van der Waals surface area (Å²) in [5, 5.41) is 3.35. The maximum absolute atomic E-state index is 12.8. The molecule has 0 saturated carbocycles. The van der Waals surface area contributed by atoms with E-state index in [1.54, 1.807) is 24.0 Å². The van der Waals surface area contributed by atoms with Gasteiger partial charge in [0.1, 0.15) is 5.82 Å². The van der Waals surface area contributed by atoms with E-state index in [1.807, 2.05) is 0 Å². The molecule has 19 heavy (non-hydrogen) atoms. The van der Waals surface area contributed by atoms with Gasteiger partial charge in [-0.1, -0.05) is 0 Å². The molecule has 2 rings (SSSR count). The molecule has 4 nitrogen and oxygen atoms in total. The first-order chi connectivity index (χ1) is 9.19. The quantitative estimate of drug-likeness (QED) is 0.914. The summed E-state index contributed by atoms with van der Waals surface area (Å²) in [6, 6.07) is 6.66. The van der Waals surface area contributed by atoms with Gasteiger partial charge >= 0.3 is 6.09 Å². The number of benzene rings is 1. The van der Waals surface area contributed by atoms with Crippen molar-refractivity contribution in [1.29, 1.82) is 0 Å². The second kappa shape index (κ2) is 6.41. The smallest absolute Gasteiger partial charge is 0.409 e. The Morgan fingerprint density at radius 3 is 2.58 bits per heavy atom. The molecular weight excluding hydrogens is 247 g/mol. The highest BCUT2D eigenvalue weighted by atomic mass is 19.1. The summed E-state index contributed by atoms with van der Waals surface area (Å²) in [5.74, 6) is -0.234. The lowest BCUT2D eigenvalue weighted by molar-refractivity contribution is 0.0983. The normalized spacial score (nSPS) is 16.2. The standard InChI is InChI=1S/C14H19FN2O2/c1-2-19-14(18)17-9-7-13(8-10-17)16-12-5-3-11(15)4-6-12/h3-6,13,16H,2,7-10H2,1H3. The molecule has 0 aromatic heterocycles. The van der Waals surface area contributed by atoms with E-state index < -0.39 is 0 Å². The lowest BCUT2D eigenvalue weighted by Crippen LogP contribution is -2.42. The summed E-state index contributed by atoms with van der Waals surface area (Å²) < 4.78 is 17.8. The molecular formula is C14H19FN2O2. The van der Waals surface area contributed by atoms with E-state index >= 15 is 0 Å². The summed E-state index contributed by atoms with van der Waals surface area (Å²) in [6.07, 6.45) is 1.51. The zero-order valence-electron chi connectivity index (χ0n) is 11.1. The largest absolute Gasteiger partial charge is 0.450 e. The summed E-state index contributed by atoms with van der Waals surface area (Å²) in [6.45, 7) is 3.60. The maximum Gasteiger partial charge on any atom is 0.409 e. The van der Waals surface area contributed by atoms with Crippen molar-refractivity contribution >= 4 is 11.8 Å². The van der Waals surface area contributed by atoms with Gasteiger partial charge in [-0.2, -0.15) is 0 Å². The molecule has 5 heteroatoms. The molecule has 1 aliphatic heterocycles. The molecule has 1 fully saturated rings. The number of anilines is 1. The van der Waals surface area contributed by atoms with Crippen molar-refractivity contribution < 1.29 is 13.9 Å². The molecule has 1 aliphatic rings. The van der Waals surface area contributed by atoms with E-state index in [9.17, 15) is 9.18 Å². The fourth-order valence-corrected chi connectivity index (χ4v) is 2.20. The highest BCUT2D eigenvalue weighted by Crippen LogP contribution is 2.17. The van der Waals surface area contributed by atoms with Gasteiger partial charge in [0.2, 0.25) is 0 Å². The van der Waals surface area contributed by atoms with E-state index in [0.29, 0.717) is 25.7 Å². The van der Waals surface area contributed by atoms with Crippen LogP contribution in [0.3, 0.4) is 0 Å². The molecule has 0 spiro atoms. The van der Waals surface area contributed by atoms with Crippen molar-refractivity contribution in [1.82, 2.24) is 4.90 Å². The van der Waals surface area contributed by atoms with Crippen LogP contribution in [0.1, 0.15) is 19.8 Å². The Bertz CT molecular complexity index is 414. The summed E-state index contributed by atoms with van der Waals surface area (Å²) in [7, 11) is 0. The Morgan fingerprint density at radius 2 is 2.00 bits per heavy atom. The predicted molar refractivity (Wildman–Crippen MR) is 71.6 cm³/mol. The van der Waals surface area contributed by atoms with Crippen molar-refractivity contribution in [2.45, 2.75) is 25.8 Å². The molecule has 0 radical (unpaired) electrons. The number of carbonyl (C=O) groups is 1. The van der Waals surface area contributed by atoms with Crippen LogP contribution in [0.5, 0.6) is 0 Å². The van der Waals surface area contributed by atoms with E-state index in [-0.39, 0.29) is 11.9 Å². The van der Waals surface area contributed by atoms with Gasteiger partial charge < -0.3 is 15.0 Å². The number of rotatable bonds is 3. The second-order valence-corrected chi connectivity index (χ2v) is 4.61. The van der Waals surface area contributed by atoms with Crippen molar-refractivity contribution in [2.24, 2.45) is 0 Å². The van der Waals surface area contributed by atoms with Crippen LogP contribution in [0, 0.1) is 5.82 Å². The molecule has 1 N–H and O–H groups in total. The topological polar surface area (TPSA) is 41.6 Å². The van der Waals surface area contributed by atoms with E-state index in [1.165, 1.54) is 12.1 Å². The number of nitrogens with one attached hydrogen (secondary N) is 1. The number of hydrogen-bond donors (Lipinski definition) is 1. The third kappa shape index (κ3) is 3.84. The number of hydrogen-bond acceptors (Lipinski definition) is 3. The van der Waals surface area contributed by atoms with Crippen LogP contribution in [0.25, 0.3) is 0 Å². The van der Waals surface area contributed by atoms with Crippen LogP contribution in [0.2, 0.25) is 0 Å². The van der Waals surface area contributed by atoms with Gasteiger partial charge in [0.05, 0.1) is 6.61 Å². The number of halogens is 1. The van der Waals surface area contributed by atoms with Crippen LogP contribution in [0.4, 0.5) is 14.9 Å². The van der Waals surface area contributed by atoms with Gasteiger partial charge in [-0.05, 0) is 44.0 Å². The number of nitrogens with zero attached hydrogens (tertiary/aromatic N) is 1. The van der Waals surface area contributed by atoms with Crippen LogP contribution in [0.15, 0.2) is 24.3 Å². The molecule has 0 bridgehead atoms. The minimum atomic E-state index is -0.234. The van der Waals surface area contributed by atoms with Gasteiger partial charge in [-0.3, -0.25) is 0 Å². The Kier molecular flexibility index (Phi) is 4.60. The average Bonchev–Trinajstić information content (AvgIpc) is 2.42. The number of likely N-dealkylation sites (tertiary alicyclic amines) is 1. The number of carbonyl (C=O) groups excluding carboxylic acids is 1. The first kappa shape index (κ1) is 13.6. The van der Waals surface area contributed by atoms with Crippen LogP contribution in [-0.4, -0.2) is 36.7 Å². The second-order valence-electron chi connectivity index (χ2n) is 4.61. The van der Waals surface area contributed by atoms with Gasteiger partial charge in [0, 0.05) is 24.8 Å². The van der Waals surface area contributed by atoms with Gasteiger partial charge in [0.15, 0.2) is 0 Å². The third-order valence-corrected chi connectivity index (χ3v) is 3.24. The Hall–Kier alpha value is -1.78. The molecule has 1 aromatic carbocycles. The van der Waals surface area contributed by atoms with E-state index in [0.717, 1.165) is 18.5 Å². The molecule has 0 unspecified atom stereocenters. The molecule has 1 heterocycles. The van der Waals surface area contributed by atoms with E-state index in [4.69, 9.17) is 4.74 Å². The molecule has 0 aliphatic carbocycles. The lowest BCUT2D eigenvalue weighted by Gasteiger charge is -2.32. The van der Waals surface area contributed by atoms with Crippen molar-refractivity contribution in [2.75, 3.05) is 25.0 Å². The fraction of sp³-hybridized carbons (Fsp3) is 0.500. The Labute approximate surface area is 112 Å². The van der Waals surface area contributed by atoms with Gasteiger partial charge in [-0.15, -0.1) is 0 Å². The minimum Gasteiger partial charge on any atom is -0.450 e. The highest BCUT2D eigenvalue weighted by molar-refractivity contribution is 5.67. The fourth-order valence-electron chi connectivity index (χ4n) is 2.20. The molecule has 1 aromatic rings. The number of ether oxygens (including phenoxy) is 1. The van der Waals surface area contributed by atoms with E-state index in [2.05, 4.69) is 5.32 Å². The van der Waals surface area contributed by atoms with Crippen molar-refractivity contribution in [3.05, 3.63) is 30.1 Å². The molecule has 1 amide bonds. The number of piperidine rings is 1. The van der Waals surface area contributed by atoms with Crippen molar-refractivity contribution in [3.63, 3.8) is 0 Å². The van der Waals surface area contributed by atoms with Gasteiger partial charge in [0.25, 0.3) is 0 Å². The Balaban J connectivity index is 1.80. The first-order valence-electron chi connectivity index (χ1n) is 6.63. The maximum atomic E-state index is 12.8. The Morgan fingerprint density at radius 1 is 1.37 bits per heavy atom. The van der Waals surface area contributed by atoms with Crippen LogP contribution >= 0.6 is 0 Å². The number of amides is 1. The van der Waals surface area contributed by atoms with Crippen LogP contribution < -0.4 is 5.32 Å². The molecule has 104 valence electrons.